The quantitative estimate of drug-likeness (QED) is 0.587. The van der Waals surface area contributed by atoms with Crippen molar-refractivity contribution in [1.82, 2.24) is 9.80 Å². The molecular weight excluding hydrogens is 164 g/mol. The molecule has 0 N–H and O–H groups in total. The van der Waals surface area contributed by atoms with E-state index in [1.54, 1.807) is 0 Å². The molecule has 3 nitrogen and oxygen atoms in total. The van der Waals surface area contributed by atoms with E-state index >= 15 is 0 Å². The standard InChI is InChI=1S/C10H20N2O/c1-3-11-6-9(2)12-4-5-13-8-10(12)7-11/h9-10H,3-8H2,1-2H3/t9-,10?/m1/s1. The maximum Gasteiger partial charge on any atom is 0.0635 e. The van der Waals surface area contributed by atoms with Crippen LogP contribution in [0.1, 0.15) is 13.8 Å². The average Bonchev–Trinajstić information content (AvgIpc) is 2.18. The van der Waals surface area contributed by atoms with Crippen molar-refractivity contribution in [1.29, 1.82) is 0 Å². The summed E-state index contributed by atoms with van der Waals surface area (Å²) in [6, 6.07) is 1.36. The number of hydrogen-bond donors (Lipinski definition) is 0. The zero-order valence-electron chi connectivity index (χ0n) is 8.70. The molecule has 13 heavy (non-hydrogen) atoms. The highest BCUT2D eigenvalue weighted by Gasteiger charge is 2.33. The Hall–Kier alpha value is -0.120. The largest absolute Gasteiger partial charge is 0.378 e. The molecule has 0 aromatic heterocycles. The van der Waals surface area contributed by atoms with Crippen molar-refractivity contribution in [2.24, 2.45) is 0 Å². The van der Waals surface area contributed by atoms with Crippen molar-refractivity contribution in [2.75, 3.05) is 39.4 Å². The van der Waals surface area contributed by atoms with Gasteiger partial charge in [-0.3, -0.25) is 4.90 Å². The van der Waals surface area contributed by atoms with E-state index in [2.05, 4.69) is 23.6 Å². The number of ether oxygens (including phenoxy) is 1. The summed E-state index contributed by atoms with van der Waals surface area (Å²) >= 11 is 0. The summed E-state index contributed by atoms with van der Waals surface area (Å²) < 4.78 is 5.51. The van der Waals surface area contributed by atoms with Gasteiger partial charge < -0.3 is 9.64 Å². The Morgan fingerprint density at radius 3 is 3.00 bits per heavy atom. The maximum atomic E-state index is 5.51. The van der Waals surface area contributed by atoms with Crippen molar-refractivity contribution >= 4 is 0 Å². The third kappa shape index (κ3) is 1.87. The third-order valence-electron chi connectivity index (χ3n) is 3.28. The van der Waals surface area contributed by atoms with E-state index in [4.69, 9.17) is 4.74 Å². The highest BCUT2D eigenvalue weighted by Crippen LogP contribution is 2.18. The first kappa shape index (κ1) is 9.44. The molecule has 0 bridgehead atoms. The van der Waals surface area contributed by atoms with E-state index < -0.39 is 0 Å². The predicted molar refractivity (Wildman–Crippen MR) is 52.9 cm³/mol. The van der Waals surface area contributed by atoms with Gasteiger partial charge in [0.15, 0.2) is 0 Å². The molecule has 0 saturated carbocycles. The van der Waals surface area contributed by atoms with Gasteiger partial charge >= 0.3 is 0 Å². The van der Waals surface area contributed by atoms with Crippen LogP contribution >= 0.6 is 0 Å². The molecule has 0 aliphatic carbocycles. The van der Waals surface area contributed by atoms with Crippen LogP contribution in [0.15, 0.2) is 0 Å². The number of hydrogen-bond acceptors (Lipinski definition) is 3. The van der Waals surface area contributed by atoms with Crippen LogP contribution in [0.25, 0.3) is 0 Å². The normalized spacial score (nSPS) is 37.4. The monoisotopic (exact) mass is 184 g/mol. The van der Waals surface area contributed by atoms with Crippen LogP contribution in [-0.2, 0) is 4.74 Å². The maximum absolute atomic E-state index is 5.51. The molecule has 1 unspecified atom stereocenters. The van der Waals surface area contributed by atoms with Crippen LogP contribution in [-0.4, -0.2) is 61.3 Å². The summed E-state index contributed by atoms with van der Waals surface area (Å²) in [4.78, 5) is 5.14. The summed E-state index contributed by atoms with van der Waals surface area (Å²) in [6.07, 6.45) is 0. The highest BCUT2D eigenvalue weighted by molar-refractivity contribution is 4.88. The van der Waals surface area contributed by atoms with Gasteiger partial charge in [-0.05, 0) is 13.5 Å². The lowest BCUT2D eigenvalue weighted by Crippen LogP contribution is -2.61. The van der Waals surface area contributed by atoms with Gasteiger partial charge in [0.2, 0.25) is 0 Å². The molecule has 0 spiro atoms. The second kappa shape index (κ2) is 3.95. The van der Waals surface area contributed by atoms with Gasteiger partial charge in [-0.1, -0.05) is 6.92 Å². The molecule has 2 aliphatic rings. The molecule has 2 heterocycles. The fraction of sp³-hybridized carbons (Fsp3) is 1.00. The molecule has 0 aromatic rings. The minimum Gasteiger partial charge on any atom is -0.378 e. The summed E-state index contributed by atoms with van der Waals surface area (Å²) in [7, 11) is 0. The summed E-state index contributed by atoms with van der Waals surface area (Å²) in [5.74, 6) is 0. The number of likely N-dealkylation sites (N-methyl/N-ethyl adjacent to an activating group) is 1. The Morgan fingerprint density at radius 2 is 2.23 bits per heavy atom. The van der Waals surface area contributed by atoms with Crippen LogP contribution in [0.5, 0.6) is 0 Å². The summed E-state index contributed by atoms with van der Waals surface area (Å²) in [6.45, 7) is 11.2. The van der Waals surface area contributed by atoms with Crippen LogP contribution in [0, 0.1) is 0 Å². The summed E-state index contributed by atoms with van der Waals surface area (Å²) in [5, 5.41) is 0. The number of piperazine rings is 1. The van der Waals surface area contributed by atoms with Gasteiger partial charge in [0.1, 0.15) is 0 Å². The Kier molecular flexibility index (Phi) is 2.86. The van der Waals surface area contributed by atoms with Gasteiger partial charge in [-0.25, -0.2) is 0 Å². The van der Waals surface area contributed by atoms with Crippen molar-refractivity contribution < 1.29 is 4.74 Å². The molecule has 2 atom stereocenters. The van der Waals surface area contributed by atoms with Crippen molar-refractivity contribution in [3.63, 3.8) is 0 Å². The van der Waals surface area contributed by atoms with E-state index in [9.17, 15) is 0 Å². The molecule has 3 heteroatoms. The van der Waals surface area contributed by atoms with Crippen LogP contribution in [0.3, 0.4) is 0 Å². The zero-order valence-corrected chi connectivity index (χ0v) is 8.70. The predicted octanol–water partition coefficient (Wildman–Crippen LogP) is 0.411. The van der Waals surface area contributed by atoms with E-state index in [-0.39, 0.29) is 0 Å². The van der Waals surface area contributed by atoms with Crippen molar-refractivity contribution in [3.05, 3.63) is 0 Å². The first-order valence-electron chi connectivity index (χ1n) is 5.37. The SMILES string of the molecule is CCN1CC2COCCN2[C@H](C)C1. The molecule has 0 amide bonds. The number of morpholine rings is 1. The number of rotatable bonds is 1. The smallest absolute Gasteiger partial charge is 0.0635 e. The molecule has 0 aromatic carbocycles. The Balaban J connectivity index is 1.99. The van der Waals surface area contributed by atoms with Crippen LogP contribution in [0.4, 0.5) is 0 Å². The average molecular weight is 184 g/mol. The van der Waals surface area contributed by atoms with Crippen LogP contribution in [0.2, 0.25) is 0 Å². The second-order valence-electron chi connectivity index (χ2n) is 4.17. The minimum atomic E-state index is 0.650. The molecule has 2 aliphatic heterocycles. The van der Waals surface area contributed by atoms with Gasteiger partial charge in [0, 0.05) is 31.7 Å². The Labute approximate surface area is 80.6 Å². The fourth-order valence-electron chi connectivity index (χ4n) is 2.51. The molecule has 2 saturated heterocycles. The van der Waals surface area contributed by atoms with Gasteiger partial charge in [-0.15, -0.1) is 0 Å². The molecular formula is C10H20N2O. The first-order valence-corrected chi connectivity index (χ1v) is 5.37. The number of nitrogens with zero attached hydrogens (tertiary/aromatic N) is 2. The lowest BCUT2D eigenvalue weighted by atomic mass is 10.1. The number of fused-ring (bicyclic) bond motifs is 1. The zero-order chi connectivity index (χ0) is 9.26. The molecule has 0 radical (unpaired) electrons. The van der Waals surface area contributed by atoms with Gasteiger partial charge in [0.05, 0.1) is 13.2 Å². The lowest BCUT2D eigenvalue weighted by molar-refractivity contribution is -0.0670. The van der Waals surface area contributed by atoms with E-state index in [0.717, 1.165) is 19.8 Å². The first-order chi connectivity index (χ1) is 6.31. The summed E-state index contributed by atoms with van der Waals surface area (Å²) in [5.41, 5.74) is 0. The third-order valence-corrected chi connectivity index (χ3v) is 3.28. The van der Waals surface area contributed by atoms with Crippen molar-refractivity contribution in [3.8, 4) is 0 Å². The van der Waals surface area contributed by atoms with E-state index in [0.29, 0.717) is 12.1 Å². The highest BCUT2D eigenvalue weighted by atomic mass is 16.5. The van der Waals surface area contributed by atoms with E-state index in [1.807, 2.05) is 0 Å². The van der Waals surface area contributed by atoms with E-state index in [1.165, 1.54) is 19.6 Å². The van der Waals surface area contributed by atoms with Gasteiger partial charge in [-0.2, -0.15) is 0 Å². The lowest BCUT2D eigenvalue weighted by Gasteiger charge is -2.47. The molecule has 2 fully saturated rings. The van der Waals surface area contributed by atoms with Crippen molar-refractivity contribution in [2.45, 2.75) is 25.9 Å². The molecule has 2 rings (SSSR count). The minimum absolute atomic E-state index is 0.650. The fourth-order valence-corrected chi connectivity index (χ4v) is 2.51. The molecule has 76 valence electrons. The topological polar surface area (TPSA) is 15.7 Å². The Morgan fingerprint density at radius 1 is 1.38 bits per heavy atom. The second-order valence-corrected chi connectivity index (χ2v) is 4.17. The van der Waals surface area contributed by atoms with Crippen LogP contribution < -0.4 is 0 Å². The van der Waals surface area contributed by atoms with Gasteiger partial charge in [0.25, 0.3) is 0 Å². The Bertz CT molecular complexity index is 174.